The minimum Gasteiger partial charge on any atom is -0.497 e. The van der Waals surface area contributed by atoms with E-state index in [0.717, 1.165) is 17.3 Å². The van der Waals surface area contributed by atoms with E-state index in [9.17, 15) is 9.90 Å². The molecule has 0 unspecified atom stereocenters. The number of carbonyl (C=O) groups is 1. The van der Waals surface area contributed by atoms with Gasteiger partial charge in [0.1, 0.15) is 5.75 Å². The highest BCUT2D eigenvalue weighted by Crippen LogP contribution is 2.33. The Morgan fingerprint density at radius 1 is 1.58 bits per heavy atom. The van der Waals surface area contributed by atoms with Crippen LogP contribution in [0.1, 0.15) is 29.6 Å². The summed E-state index contributed by atoms with van der Waals surface area (Å²) in [5.74, 6) is 0.931. The lowest BCUT2D eigenvalue weighted by Crippen LogP contribution is -2.28. The first kappa shape index (κ1) is 14.3. The molecule has 1 aliphatic rings. The predicted molar refractivity (Wildman–Crippen MR) is 76.4 cm³/mol. The van der Waals surface area contributed by atoms with Gasteiger partial charge in [-0.15, -0.1) is 0 Å². The fourth-order valence-corrected chi connectivity index (χ4v) is 2.38. The van der Waals surface area contributed by atoms with Crippen LogP contribution in [0.25, 0.3) is 0 Å². The molecule has 2 rings (SSSR count). The first-order valence-electron chi connectivity index (χ1n) is 6.41. The molecule has 1 aliphatic carbocycles. The highest BCUT2D eigenvalue weighted by atomic mass is 79.9. The third-order valence-corrected chi connectivity index (χ3v) is 4.00. The van der Waals surface area contributed by atoms with Crippen LogP contribution in [0.15, 0.2) is 22.7 Å². The van der Waals surface area contributed by atoms with Gasteiger partial charge in [-0.3, -0.25) is 4.79 Å². The van der Waals surface area contributed by atoms with E-state index in [4.69, 9.17) is 4.74 Å². The maximum absolute atomic E-state index is 12.0. The maximum Gasteiger partial charge on any atom is 0.252 e. The molecular weight excluding hydrogens is 310 g/mol. The Morgan fingerprint density at radius 3 is 2.95 bits per heavy atom. The molecule has 1 fully saturated rings. The van der Waals surface area contributed by atoms with E-state index in [1.54, 1.807) is 25.3 Å². The predicted octanol–water partition coefficient (Wildman–Crippen LogP) is 2.35. The van der Waals surface area contributed by atoms with Crippen molar-refractivity contribution in [3.63, 3.8) is 0 Å². The molecule has 1 saturated carbocycles. The molecule has 19 heavy (non-hydrogen) atoms. The van der Waals surface area contributed by atoms with Gasteiger partial charge in [-0.05, 0) is 59.3 Å². The quantitative estimate of drug-likeness (QED) is 0.843. The van der Waals surface area contributed by atoms with Crippen molar-refractivity contribution in [3.05, 3.63) is 28.2 Å². The Kier molecular flexibility index (Phi) is 4.82. The highest BCUT2D eigenvalue weighted by molar-refractivity contribution is 9.10. The Labute approximate surface area is 121 Å². The standard InChI is InChI=1S/C14H18BrNO3/c1-19-10-4-5-12(15)11(8-10)14(18)16-7-6-13(17)9-2-3-9/h4-5,8-9,13,17H,2-3,6-7H2,1H3,(H,16,18)/t13-/m0/s1. The Hall–Kier alpha value is -1.07. The van der Waals surface area contributed by atoms with Crippen molar-refractivity contribution >= 4 is 21.8 Å². The van der Waals surface area contributed by atoms with Gasteiger partial charge in [0.25, 0.3) is 5.91 Å². The van der Waals surface area contributed by atoms with E-state index >= 15 is 0 Å². The number of amides is 1. The summed E-state index contributed by atoms with van der Waals surface area (Å²) < 4.78 is 5.83. The summed E-state index contributed by atoms with van der Waals surface area (Å²) in [5, 5.41) is 12.5. The third kappa shape index (κ3) is 3.94. The number of ether oxygens (including phenoxy) is 1. The summed E-state index contributed by atoms with van der Waals surface area (Å²) in [7, 11) is 1.57. The number of carbonyl (C=O) groups excluding carboxylic acids is 1. The van der Waals surface area contributed by atoms with Gasteiger partial charge in [0, 0.05) is 11.0 Å². The number of hydrogen-bond donors (Lipinski definition) is 2. The Balaban J connectivity index is 1.88. The molecule has 1 amide bonds. The molecule has 0 aromatic heterocycles. The summed E-state index contributed by atoms with van der Waals surface area (Å²) in [6.45, 7) is 0.486. The van der Waals surface area contributed by atoms with Crippen LogP contribution >= 0.6 is 15.9 Å². The van der Waals surface area contributed by atoms with Crippen LogP contribution < -0.4 is 10.1 Å². The van der Waals surface area contributed by atoms with Crippen molar-refractivity contribution in [2.24, 2.45) is 5.92 Å². The van der Waals surface area contributed by atoms with Crippen LogP contribution in [-0.2, 0) is 0 Å². The Morgan fingerprint density at radius 2 is 2.32 bits per heavy atom. The van der Waals surface area contributed by atoms with Gasteiger partial charge in [0.2, 0.25) is 0 Å². The van der Waals surface area contributed by atoms with Crippen molar-refractivity contribution < 1.29 is 14.6 Å². The lowest BCUT2D eigenvalue weighted by atomic mass is 10.1. The molecule has 5 heteroatoms. The van der Waals surface area contributed by atoms with Crippen molar-refractivity contribution in [1.29, 1.82) is 0 Å². The van der Waals surface area contributed by atoms with Crippen molar-refractivity contribution in [2.45, 2.75) is 25.4 Å². The number of aliphatic hydroxyl groups excluding tert-OH is 1. The van der Waals surface area contributed by atoms with Crippen molar-refractivity contribution in [1.82, 2.24) is 5.32 Å². The number of halogens is 1. The van der Waals surface area contributed by atoms with E-state index in [1.165, 1.54) is 0 Å². The van der Waals surface area contributed by atoms with Crippen LogP contribution in [0.3, 0.4) is 0 Å². The molecule has 0 heterocycles. The molecule has 1 aromatic carbocycles. The molecule has 2 N–H and O–H groups in total. The highest BCUT2D eigenvalue weighted by Gasteiger charge is 2.29. The average molecular weight is 328 g/mol. The monoisotopic (exact) mass is 327 g/mol. The fraction of sp³-hybridized carbons (Fsp3) is 0.500. The second-order valence-electron chi connectivity index (χ2n) is 4.80. The normalized spacial score (nSPS) is 15.9. The largest absolute Gasteiger partial charge is 0.497 e. The van der Waals surface area contributed by atoms with E-state index in [1.807, 2.05) is 0 Å². The first-order valence-corrected chi connectivity index (χ1v) is 7.21. The molecule has 4 nitrogen and oxygen atoms in total. The number of aliphatic hydroxyl groups is 1. The zero-order valence-electron chi connectivity index (χ0n) is 10.9. The molecule has 0 radical (unpaired) electrons. The SMILES string of the molecule is COc1ccc(Br)c(C(=O)NCC[C@H](O)C2CC2)c1. The topological polar surface area (TPSA) is 58.6 Å². The summed E-state index contributed by atoms with van der Waals surface area (Å²) in [4.78, 5) is 12.0. The van der Waals surface area contributed by atoms with Crippen LogP contribution in [0.5, 0.6) is 5.75 Å². The summed E-state index contributed by atoms with van der Waals surface area (Å²) in [6, 6.07) is 5.27. The summed E-state index contributed by atoms with van der Waals surface area (Å²) in [6.07, 6.45) is 2.54. The minimum absolute atomic E-state index is 0.159. The zero-order chi connectivity index (χ0) is 13.8. The van der Waals surface area contributed by atoms with Crippen molar-refractivity contribution in [2.75, 3.05) is 13.7 Å². The number of hydrogen-bond acceptors (Lipinski definition) is 3. The first-order chi connectivity index (χ1) is 9.11. The van der Waals surface area contributed by atoms with E-state index < -0.39 is 0 Å². The molecular formula is C14H18BrNO3. The second-order valence-corrected chi connectivity index (χ2v) is 5.65. The van der Waals surface area contributed by atoms with E-state index in [-0.39, 0.29) is 12.0 Å². The zero-order valence-corrected chi connectivity index (χ0v) is 12.4. The van der Waals surface area contributed by atoms with Gasteiger partial charge < -0.3 is 15.2 Å². The molecule has 0 bridgehead atoms. The number of methoxy groups -OCH3 is 1. The smallest absolute Gasteiger partial charge is 0.252 e. The van der Waals surface area contributed by atoms with Crippen LogP contribution in [-0.4, -0.2) is 30.8 Å². The minimum atomic E-state index is -0.283. The molecule has 1 atom stereocenters. The number of nitrogens with one attached hydrogen (secondary N) is 1. The number of rotatable bonds is 6. The van der Waals surface area contributed by atoms with Crippen molar-refractivity contribution in [3.8, 4) is 5.75 Å². The second kappa shape index (κ2) is 6.39. The molecule has 104 valence electrons. The van der Waals surface area contributed by atoms with Crippen LogP contribution in [0, 0.1) is 5.92 Å². The lowest BCUT2D eigenvalue weighted by Gasteiger charge is -2.11. The van der Waals surface area contributed by atoms with Crippen LogP contribution in [0.4, 0.5) is 0 Å². The average Bonchev–Trinajstić information content (AvgIpc) is 3.23. The fourth-order valence-electron chi connectivity index (χ4n) is 1.95. The summed E-state index contributed by atoms with van der Waals surface area (Å²) in [5.41, 5.74) is 0.542. The van der Waals surface area contributed by atoms with Gasteiger partial charge >= 0.3 is 0 Å². The maximum atomic E-state index is 12.0. The van der Waals surface area contributed by atoms with Gasteiger partial charge in [0.05, 0.1) is 18.8 Å². The van der Waals surface area contributed by atoms with E-state index in [2.05, 4.69) is 21.2 Å². The molecule has 0 spiro atoms. The Bertz CT molecular complexity index is 460. The summed E-state index contributed by atoms with van der Waals surface area (Å²) >= 11 is 3.35. The van der Waals surface area contributed by atoms with Gasteiger partial charge in [-0.25, -0.2) is 0 Å². The van der Waals surface area contributed by atoms with Gasteiger partial charge in [0.15, 0.2) is 0 Å². The molecule has 0 saturated heterocycles. The third-order valence-electron chi connectivity index (χ3n) is 3.31. The van der Waals surface area contributed by atoms with E-state index in [0.29, 0.717) is 30.2 Å². The lowest BCUT2D eigenvalue weighted by molar-refractivity contribution is 0.0935. The number of benzene rings is 1. The van der Waals surface area contributed by atoms with Crippen LogP contribution in [0.2, 0.25) is 0 Å². The molecule has 0 aliphatic heterocycles. The molecule has 1 aromatic rings. The van der Waals surface area contributed by atoms with Gasteiger partial charge in [-0.1, -0.05) is 0 Å². The van der Waals surface area contributed by atoms with Gasteiger partial charge in [-0.2, -0.15) is 0 Å².